The Morgan fingerprint density at radius 2 is 1.82 bits per heavy atom. The number of hydrogen-bond acceptors (Lipinski definition) is 1. The fourth-order valence-corrected chi connectivity index (χ4v) is 1.80. The highest BCUT2D eigenvalue weighted by Crippen LogP contribution is 2.30. The highest BCUT2D eigenvalue weighted by atomic mass is 16.3. The predicted octanol–water partition coefficient (Wildman–Crippen LogP) is 2.28. The Hall–Kier alpha value is -0.560. The molecule has 0 radical (unpaired) electrons. The van der Waals surface area contributed by atoms with Crippen molar-refractivity contribution in [3.8, 4) is 0 Å². The molecular weight excluding hydrogens is 136 g/mol. The minimum absolute atomic E-state index is 0.105. The molecule has 62 valence electrons. The Morgan fingerprint density at radius 1 is 1.36 bits per heavy atom. The lowest BCUT2D eigenvalue weighted by Crippen LogP contribution is -2.19. The van der Waals surface area contributed by atoms with Gasteiger partial charge in [-0.3, -0.25) is 0 Å². The molecule has 1 rings (SSSR count). The second-order valence-corrected chi connectivity index (χ2v) is 3.82. The summed E-state index contributed by atoms with van der Waals surface area (Å²) in [6, 6.07) is 0. The first-order valence-electron chi connectivity index (χ1n) is 4.03. The summed E-state index contributed by atoms with van der Waals surface area (Å²) in [5.41, 5.74) is 2.62. The number of rotatable bonds is 1. The fourth-order valence-electron chi connectivity index (χ4n) is 1.80. The summed E-state index contributed by atoms with van der Waals surface area (Å²) in [5, 5.41) is 9.10. The van der Waals surface area contributed by atoms with Crippen LogP contribution in [0.4, 0.5) is 0 Å². The van der Waals surface area contributed by atoms with Crippen LogP contribution in [0.5, 0.6) is 0 Å². The molecule has 1 aliphatic rings. The lowest BCUT2D eigenvalue weighted by atomic mass is 9.81. The highest BCUT2D eigenvalue weighted by molar-refractivity contribution is 5.27. The van der Waals surface area contributed by atoms with Gasteiger partial charge < -0.3 is 5.11 Å². The summed E-state index contributed by atoms with van der Waals surface area (Å²) in [6.07, 6.45) is 5.37. The molecule has 1 N–H and O–H groups in total. The molecule has 0 aromatic heterocycles. The number of hydrogen-bond donors (Lipinski definition) is 1. The standard InChI is InChI=1S/C10H16O/c1-8-4-9(2)6-10(3,5-8)7-11/h5-6,11H,4,7H2,1-3H3. The topological polar surface area (TPSA) is 20.2 Å². The van der Waals surface area contributed by atoms with Gasteiger partial charge in [0.15, 0.2) is 0 Å². The SMILES string of the molecule is CC1=CC(C)(CO)C=C(C)C1. The van der Waals surface area contributed by atoms with E-state index >= 15 is 0 Å². The van der Waals surface area contributed by atoms with Crippen molar-refractivity contribution in [3.63, 3.8) is 0 Å². The third-order valence-electron chi connectivity index (χ3n) is 2.05. The molecule has 0 fully saturated rings. The van der Waals surface area contributed by atoms with Gasteiger partial charge in [-0.25, -0.2) is 0 Å². The predicted molar refractivity (Wildman–Crippen MR) is 47.3 cm³/mol. The summed E-state index contributed by atoms with van der Waals surface area (Å²) < 4.78 is 0. The summed E-state index contributed by atoms with van der Waals surface area (Å²) in [4.78, 5) is 0. The Kier molecular flexibility index (Phi) is 2.19. The van der Waals surface area contributed by atoms with E-state index in [9.17, 15) is 0 Å². The van der Waals surface area contributed by atoms with Gasteiger partial charge in [0.05, 0.1) is 6.61 Å². The molecule has 1 heteroatoms. The molecule has 11 heavy (non-hydrogen) atoms. The van der Waals surface area contributed by atoms with E-state index in [0.29, 0.717) is 0 Å². The second-order valence-electron chi connectivity index (χ2n) is 3.82. The van der Waals surface area contributed by atoms with Crippen LogP contribution in [0.1, 0.15) is 27.2 Å². The Labute approximate surface area is 68.4 Å². The molecule has 0 heterocycles. The summed E-state index contributed by atoms with van der Waals surface area (Å²) in [6.45, 7) is 6.50. The third-order valence-corrected chi connectivity index (χ3v) is 2.05. The van der Waals surface area contributed by atoms with E-state index in [1.54, 1.807) is 0 Å². The van der Waals surface area contributed by atoms with E-state index in [-0.39, 0.29) is 12.0 Å². The molecule has 0 aliphatic heterocycles. The van der Waals surface area contributed by atoms with E-state index in [4.69, 9.17) is 5.11 Å². The van der Waals surface area contributed by atoms with E-state index in [1.165, 1.54) is 11.1 Å². The van der Waals surface area contributed by atoms with Crippen molar-refractivity contribution < 1.29 is 5.11 Å². The van der Waals surface area contributed by atoms with Gasteiger partial charge in [-0.1, -0.05) is 30.2 Å². The van der Waals surface area contributed by atoms with Crippen LogP contribution in [0, 0.1) is 5.41 Å². The van der Waals surface area contributed by atoms with Gasteiger partial charge >= 0.3 is 0 Å². The van der Waals surface area contributed by atoms with Crippen LogP contribution in [0.15, 0.2) is 23.3 Å². The molecule has 0 atom stereocenters. The van der Waals surface area contributed by atoms with E-state index in [0.717, 1.165) is 6.42 Å². The van der Waals surface area contributed by atoms with Crippen LogP contribution in [0.2, 0.25) is 0 Å². The van der Waals surface area contributed by atoms with Crippen LogP contribution in [-0.4, -0.2) is 11.7 Å². The molecule has 1 nitrogen and oxygen atoms in total. The summed E-state index contributed by atoms with van der Waals surface area (Å²) in [7, 11) is 0. The van der Waals surface area contributed by atoms with Gasteiger partial charge in [0, 0.05) is 5.41 Å². The first kappa shape index (κ1) is 8.54. The van der Waals surface area contributed by atoms with Crippen molar-refractivity contribution in [2.75, 3.05) is 6.61 Å². The van der Waals surface area contributed by atoms with Crippen molar-refractivity contribution in [1.29, 1.82) is 0 Å². The van der Waals surface area contributed by atoms with Crippen molar-refractivity contribution in [2.24, 2.45) is 5.41 Å². The lowest BCUT2D eigenvalue weighted by Gasteiger charge is -2.25. The second kappa shape index (κ2) is 2.82. The average molecular weight is 152 g/mol. The van der Waals surface area contributed by atoms with Gasteiger partial charge in [-0.2, -0.15) is 0 Å². The maximum absolute atomic E-state index is 9.10. The van der Waals surface area contributed by atoms with Crippen molar-refractivity contribution in [2.45, 2.75) is 27.2 Å². The van der Waals surface area contributed by atoms with Crippen LogP contribution in [0.3, 0.4) is 0 Å². The fraction of sp³-hybridized carbons (Fsp3) is 0.600. The number of aliphatic hydroxyl groups is 1. The summed E-state index contributed by atoms with van der Waals surface area (Å²) in [5.74, 6) is 0. The van der Waals surface area contributed by atoms with Gasteiger partial charge in [0.25, 0.3) is 0 Å². The van der Waals surface area contributed by atoms with Gasteiger partial charge in [0.1, 0.15) is 0 Å². The zero-order valence-electron chi connectivity index (χ0n) is 7.52. The van der Waals surface area contributed by atoms with E-state index < -0.39 is 0 Å². The quantitative estimate of drug-likeness (QED) is 0.571. The molecule has 1 aliphatic carbocycles. The van der Waals surface area contributed by atoms with Crippen LogP contribution in [0.25, 0.3) is 0 Å². The maximum Gasteiger partial charge on any atom is 0.0554 e. The van der Waals surface area contributed by atoms with Crippen molar-refractivity contribution >= 4 is 0 Å². The van der Waals surface area contributed by atoms with Crippen LogP contribution >= 0.6 is 0 Å². The molecule has 0 saturated carbocycles. The normalized spacial score (nSPS) is 22.5. The molecule has 0 aromatic rings. The molecule has 0 unspecified atom stereocenters. The Balaban J connectivity index is 2.89. The zero-order valence-corrected chi connectivity index (χ0v) is 7.52. The first-order chi connectivity index (χ1) is 5.06. The van der Waals surface area contributed by atoms with Gasteiger partial charge in [-0.15, -0.1) is 0 Å². The molecule has 0 aromatic carbocycles. The monoisotopic (exact) mass is 152 g/mol. The molecule has 0 bridgehead atoms. The van der Waals surface area contributed by atoms with Crippen LogP contribution in [-0.2, 0) is 0 Å². The van der Waals surface area contributed by atoms with Gasteiger partial charge in [0.2, 0.25) is 0 Å². The molecule has 0 saturated heterocycles. The van der Waals surface area contributed by atoms with Crippen LogP contribution < -0.4 is 0 Å². The minimum atomic E-state index is -0.105. The average Bonchev–Trinajstić information content (AvgIpc) is 1.84. The minimum Gasteiger partial charge on any atom is -0.395 e. The summed E-state index contributed by atoms with van der Waals surface area (Å²) >= 11 is 0. The van der Waals surface area contributed by atoms with E-state index in [2.05, 4.69) is 32.9 Å². The highest BCUT2D eigenvalue weighted by Gasteiger charge is 2.20. The molecule has 0 amide bonds. The van der Waals surface area contributed by atoms with Gasteiger partial charge in [-0.05, 0) is 20.3 Å². The molecule has 0 spiro atoms. The van der Waals surface area contributed by atoms with Crippen molar-refractivity contribution in [3.05, 3.63) is 23.3 Å². The largest absolute Gasteiger partial charge is 0.395 e. The van der Waals surface area contributed by atoms with Crippen molar-refractivity contribution in [1.82, 2.24) is 0 Å². The zero-order chi connectivity index (χ0) is 8.48. The first-order valence-corrected chi connectivity index (χ1v) is 4.03. The Morgan fingerprint density at radius 3 is 2.18 bits per heavy atom. The smallest absolute Gasteiger partial charge is 0.0554 e. The Bertz CT molecular complexity index is 193. The maximum atomic E-state index is 9.10. The lowest BCUT2D eigenvalue weighted by molar-refractivity contribution is 0.217. The number of allylic oxidation sites excluding steroid dienone is 2. The number of aliphatic hydroxyl groups excluding tert-OH is 1. The molecular formula is C10H16O. The third kappa shape index (κ3) is 1.93. The van der Waals surface area contributed by atoms with E-state index in [1.807, 2.05) is 0 Å².